The summed E-state index contributed by atoms with van der Waals surface area (Å²) >= 11 is 5.80. The number of rotatable bonds is 3. The lowest BCUT2D eigenvalue weighted by atomic mass is 10.2. The molecule has 0 atom stereocenters. The number of fused-ring (bicyclic) bond motifs is 1. The summed E-state index contributed by atoms with van der Waals surface area (Å²) in [6.45, 7) is 0.409. The van der Waals surface area contributed by atoms with Crippen LogP contribution in [0.4, 0.5) is 10.5 Å². The van der Waals surface area contributed by atoms with E-state index >= 15 is 0 Å². The number of carbonyl (C=O) groups excluding carboxylic acids is 1. The molecule has 1 heterocycles. The number of urea groups is 1. The Morgan fingerprint density at radius 1 is 1.00 bits per heavy atom. The van der Waals surface area contributed by atoms with Crippen LogP contribution < -0.4 is 10.6 Å². The number of benzene rings is 2. The maximum Gasteiger partial charge on any atom is 0.319 e. The van der Waals surface area contributed by atoms with Crippen molar-refractivity contribution in [2.45, 2.75) is 6.54 Å². The highest BCUT2D eigenvalue weighted by molar-refractivity contribution is 6.30. The lowest BCUT2D eigenvalue weighted by Crippen LogP contribution is -2.28. The molecule has 0 aliphatic heterocycles. The van der Waals surface area contributed by atoms with Gasteiger partial charge in [0, 0.05) is 29.6 Å². The van der Waals surface area contributed by atoms with Crippen LogP contribution in [0.25, 0.3) is 11.0 Å². The van der Waals surface area contributed by atoms with E-state index in [1.807, 2.05) is 18.2 Å². The van der Waals surface area contributed by atoms with Gasteiger partial charge in [0.15, 0.2) is 0 Å². The molecule has 0 spiro atoms. The first-order chi connectivity index (χ1) is 10.7. The van der Waals surface area contributed by atoms with Gasteiger partial charge in [-0.3, -0.25) is 9.97 Å². The molecule has 0 saturated heterocycles. The molecule has 5 nitrogen and oxygen atoms in total. The Hall–Kier alpha value is -2.66. The standard InChI is InChI=1S/C16H13ClN4O/c17-12-2-4-13(5-3-12)21-16(22)20-10-11-1-6-14-15(9-11)19-8-7-18-14/h1-9H,10H2,(H2,20,21,22). The molecule has 3 aromatic rings. The molecular formula is C16H13ClN4O. The number of halogens is 1. The molecule has 0 saturated carbocycles. The van der Waals surface area contributed by atoms with Crippen molar-refractivity contribution in [1.29, 1.82) is 0 Å². The molecular weight excluding hydrogens is 300 g/mol. The molecule has 2 amide bonds. The van der Waals surface area contributed by atoms with Crippen molar-refractivity contribution < 1.29 is 4.79 Å². The Morgan fingerprint density at radius 2 is 1.73 bits per heavy atom. The van der Waals surface area contributed by atoms with Gasteiger partial charge < -0.3 is 10.6 Å². The number of aromatic nitrogens is 2. The number of hydrogen-bond acceptors (Lipinski definition) is 3. The molecule has 0 aliphatic carbocycles. The number of carbonyl (C=O) groups is 1. The Kier molecular flexibility index (Phi) is 4.16. The Labute approximate surface area is 132 Å². The maximum atomic E-state index is 11.9. The fourth-order valence-electron chi connectivity index (χ4n) is 2.01. The van der Waals surface area contributed by atoms with Crippen LogP contribution in [0, 0.1) is 0 Å². The third-order valence-electron chi connectivity index (χ3n) is 3.09. The first-order valence-electron chi connectivity index (χ1n) is 6.71. The average Bonchev–Trinajstić information content (AvgIpc) is 2.55. The Bertz CT molecular complexity index is 805. The van der Waals surface area contributed by atoms with Gasteiger partial charge in [-0.25, -0.2) is 4.79 Å². The van der Waals surface area contributed by atoms with E-state index in [1.54, 1.807) is 36.7 Å². The van der Waals surface area contributed by atoms with E-state index in [0.29, 0.717) is 17.3 Å². The van der Waals surface area contributed by atoms with Gasteiger partial charge in [0.25, 0.3) is 0 Å². The lowest BCUT2D eigenvalue weighted by molar-refractivity contribution is 0.251. The molecule has 0 unspecified atom stereocenters. The molecule has 0 radical (unpaired) electrons. The highest BCUT2D eigenvalue weighted by atomic mass is 35.5. The molecule has 2 aromatic carbocycles. The second-order valence-corrected chi connectivity index (χ2v) is 5.13. The lowest BCUT2D eigenvalue weighted by Gasteiger charge is -2.08. The van der Waals surface area contributed by atoms with Gasteiger partial charge in [-0.15, -0.1) is 0 Å². The minimum Gasteiger partial charge on any atom is -0.334 e. The zero-order valence-corrected chi connectivity index (χ0v) is 12.3. The summed E-state index contributed by atoms with van der Waals surface area (Å²) in [5.74, 6) is 0. The van der Waals surface area contributed by atoms with E-state index in [1.165, 1.54) is 0 Å². The van der Waals surface area contributed by atoms with Crippen molar-refractivity contribution >= 4 is 34.4 Å². The van der Waals surface area contributed by atoms with E-state index in [0.717, 1.165) is 16.6 Å². The molecule has 6 heteroatoms. The monoisotopic (exact) mass is 312 g/mol. The Morgan fingerprint density at radius 3 is 2.50 bits per heavy atom. The number of nitrogens with zero attached hydrogens (tertiary/aromatic N) is 2. The summed E-state index contributed by atoms with van der Waals surface area (Å²) in [5.41, 5.74) is 3.28. The summed E-state index contributed by atoms with van der Waals surface area (Å²) in [4.78, 5) is 20.3. The van der Waals surface area contributed by atoms with Crippen LogP contribution in [-0.2, 0) is 6.54 Å². The van der Waals surface area contributed by atoms with Gasteiger partial charge in [0.05, 0.1) is 11.0 Å². The number of nitrogens with one attached hydrogen (secondary N) is 2. The minimum absolute atomic E-state index is 0.276. The summed E-state index contributed by atoms with van der Waals surface area (Å²) in [6.07, 6.45) is 3.30. The molecule has 3 rings (SSSR count). The third-order valence-corrected chi connectivity index (χ3v) is 3.34. The summed E-state index contributed by atoms with van der Waals surface area (Å²) in [5, 5.41) is 6.16. The van der Waals surface area contributed by atoms with Crippen molar-refractivity contribution in [1.82, 2.24) is 15.3 Å². The third kappa shape index (κ3) is 3.51. The van der Waals surface area contributed by atoms with Gasteiger partial charge in [-0.1, -0.05) is 17.7 Å². The molecule has 0 bridgehead atoms. The fourth-order valence-corrected chi connectivity index (χ4v) is 2.14. The second kappa shape index (κ2) is 6.41. The van der Waals surface area contributed by atoms with Crippen LogP contribution in [0.2, 0.25) is 5.02 Å². The highest BCUT2D eigenvalue weighted by Gasteiger charge is 2.03. The zero-order valence-electron chi connectivity index (χ0n) is 11.6. The summed E-state index contributed by atoms with van der Waals surface area (Å²) < 4.78 is 0. The predicted octanol–water partition coefficient (Wildman–Crippen LogP) is 3.60. The van der Waals surface area contributed by atoms with Gasteiger partial charge in [0.1, 0.15) is 0 Å². The molecule has 0 aliphatic rings. The first-order valence-corrected chi connectivity index (χ1v) is 7.08. The van der Waals surface area contributed by atoms with E-state index in [9.17, 15) is 4.79 Å². The van der Waals surface area contributed by atoms with Gasteiger partial charge in [-0.2, -0.15) is 0 Å². The van der Waals surface area contributed by atoms with Crippen molar-refractivity contribution in [3.05, 3.63) is 65.4 Å². The molecule has 1 aromatic heterocycles. The largest absolute Gasteiger partial charge is 0.334 e. The molecule has 0 fully saturated rings. The quantitative estimate of drug-likeness (QED) is 0.776. The van der Waals surface area contributed by atoms with Crippen LogP contribution in [0.15, 0.2) is 54.9 Å². The van der Waals surface area contributed by atoms with Crippen LogP contribution in [0.1, 0.15) is 5.56 Å². The first kappa shape index (κ1) is 14.3. The predicted molar refractivity (Wildman–Crippen MR) is 86.8 cm³/mol. The topological polar surface area (TPSA) is 66.9 Å². The average molecular weight is 313 g/mol. The minimum atomic E-state index is -0.276. The van der Waals surface area contributed by atoms with Crippen LogP contribution in [0.5, 0.6) is 0 Å². The van der Waals surface area contributed by atoms with Gasteiger partial charge >= 0.3 is 6.03 Å². The van der Waals surface area contributed by atoms with Gasteiger partial charge in [-0.05, 0) is 42.0 Å². The molecule has 22 heavy (non-hydrogen) atoms. The van der Waals surface area contributed by atoms with Crippen molar-refractivity contribution in [2.24, 2.45) is 0 Å². The normalized spacial score (nSPS) is 10.4. The summed E-state index contributed by atoms with van der Waals surface area (Å²) in [6, 6.07) is 12.4. The number of anilines is 1. The Balaban J connectivity index is 1.60. The number of amides is 2. The number of hydrogen-bond donors (Lipinski definition) is 2. The smallest absolute Gasteiger partial charge is 0.319 e. The van der Waals surface area contributed by atoms with Crippen LogP contribution in [-0.4, -0.2) is 16.0 Å². The molecule has 2 N–H and O–H groups in total. The maximum absolute atomic E-state index is 11.9. The second-order valence-electron chi connectivity index (χ2n) is 4.69. The summed E-state index contributed by atoms with van der Waals surface area (Å²) in [7, 11) is 0. The fraction of sp³-hybridized carbons (Fsp3) is 0.0625. The van der Waals surface area contributed by atoms with E-state index in [-0.39, 0.29) is 6.03 Å². The van der Waals surface area contributed by atoms with E-state index < -0.39 is 0 Å². The van der Waals surface area contributed by atoms with Crippen molar-refractivity contribution in [3.63, 3.8) is 0 Å². The van der Waals surface area contributed by atoms with E-state index in [2.05, 4.69) is 20.6 Å². The van der Waals surface area contributed by atoms with Crippen molar-refractivity contribution in [2.75, 3.05) is 5.32 Å². The zero-order chi connectivity index (χ0) is 15.4. The van der Waals surface area contributed by atoms with E-state index in [4.69, 9.17) is 11.6 Å². The molecule has 110 valence electrons. The SMILES string of the molecule is O=C(NCc1ccc2nccnc2c1)Nc1ccc(Cl)cc1. The van der Waals surface area contributed by atoms with Gasteiger partial charge in [0.2, 0.25) is 0 Å². The van der Waals surface area contributed by atoms with Crippen LogP contribution in [0.3, 0.4) is 0 Å². The van der Waals surface area contributed by atoms with Crippen molar-refractivity contribution in [3.8, 4) is 0 Å². The highest BCUT2D eigenvalue weighted by Crippen LogP contribution is 2.13. The van der Waals surface area contributed by atoms with Crippen LogP contribution >= 0.6 is 11.6 Å².